The zero-order valence-electron chi connectivity index (χ0n) is 20.4. The summed E-state index contributed by atoms with van der Waals surface area (Å²) in [5, 5.41) is 9.79. The smallest absolute Gasteiger partial charge is 0.264 e. The molecule has 0 atom stereocenters. The van der Waals surface area contributed by atoms with Crippen molar-refractivity contribution in [3.63, 3.8) is 0 Å². The molecule has 0 aliphatic carbocycles. The molecule has 0 unspecified atom stereocenters. The van der Waals surface area contributed by atoms with Crippen molar-refractivity contribution in [2.45, 2.75) is 13.0 Å². The number of carbonyl (C=O) groups is 1. The van der Waals surface area contributed by atoms with Crippen molar-refractivity contribution < 1.29 is 13.9 Å². The maximum atomic E-state index is 13.2. The largest absolute Gasteiger partial charge is 0.487 e. The first-order valence-electron chi connectivity index (χ1n) is 12.0. The molecule has 7 heteroatoms. The van der Waals surface area contributed by atoms with Crippen LogP contribution in [0, 0.1) is 17.1 Å². The maximum absolute atomic E-state index is 13.2. The van der Waals surface area contributed by atoms with Crippen molar-refractivity contribution in [3.8, 4) is 11.8 Å². The molecule has 1 heterocycles. The molecule has 5 nitrogen and oxygen atoms in total. The minimum absolute atomic E-state index is 0.0876. The minimum Gasteiger partial charge on any atom is -0.487 e. The Labute approximate surface area is 225 Å². The van der Waals surface area contributed by atoms with E-state index in [-0.39, 0.29) is 23.9 Å². The van der Waals surface area contributed by atoms with Crippen LogP contribution < -0.4 is 9.64 Å². The summed E-state index contributed by atoms with van der Waals surface area (Å²) in [5.41, 5.74) is 3.63. The molecule has 1 amide bonds. The van der Waals surface area contributed by atoms with Crippen LogP contribution in [0.5, 0.6) is 5.75 Å². The fourth-order valence-electron chi connectivity index (χ4n) is 4.25. The van der Waals surface area contributed by atoms with Gasteiger partial charge in [0.25, 0.3) is 5.91 Å². The Kier molecular flexibility index (Phi) is 8.76. The Bertz CT molecular complexity index is 1330. The number of nitrogens with zero attached hydrogens (tertiary/aromatic N) is 3. The van der Waals surface area contributed by atoms with Crippen molar-refractivity contribution in [2.24, 2.45) is 0 Å². The summed E-state index contributed by atoms with van der Waals surface area (Å²) >= 11 is 3.58. The summed E-state index contributed by atoms with van der Waals surface area (Å²) in [7, 11) is 0. The number of anilines is 1. The number of para-hydroxylation sites is 1. The van der Waals surface area contributed by atoms with E-state index in [9.17, 15) is 14.4 Å². The van der Waals surface area contributed by atoms with Gasteiger partial charge in [0.2, 0.25) is 0 Å². The van der Waals surface area contributed by atoms with Gasteiger partial charge < -0.3 is 14.5 Å². The highest BCUT2D eigenvalue weighted by molar-refractivity contribution is 9.10. The van der Waals surface area contributed by atoms with Crippen LogP contribution in [-0.4, -0.2) is 37.0 Å². The third kappa shape index (κ3) is 6.66. The normalized spacial score (nSPS) is 13.7. The van der Waals surface area contributed by atoms with Crippen LogP contribution in [0.15, 0.2) is 89.4 Å². The SMILES string of the molecule is C=CCc1cc(/C=C(/C#N)C(=O)N2CCN(c3ccccc3)CC2)cc(Br)c1OCc1ccc(F)cc1. The Hall–Kier alpha value is -3.89. The van der Waals surface area contributed by atoms with Crippen LogP contribution in [0.3, 0.4) is 0 Å². The van der Waals surface area contributed by atoms with Crippen molar-refractivity contribution in [3.05, 3.63) is 112 Å². The van der Waals surface area contributed by atoms with E-state index in [4.69, 9.17) is 4.74 Å². The lowest BCUT2D eigenvalue weighted by Crippen LogP contribution is -2.49. The highest BCUT2D eigenvalue weighted by Crippen LogP contribution is 2.33. The lowest BCUT2D eigenvalue weighted by atomic mass is 10.0. The van der Waals surface area contributed by atoms with Gasteiger partial charge in [0.05, 0.1) is 4.47 Å². The van der Waals surface area contributed by atoms with Gasteiger partial charge in [-0.1, -0.05) is 36.4 Å². The summed E-state index contributed by atoms with van der Waals surface area (Å²) in [6, 6.07) is 22.1. The molecular formula is C30H27BrFN3O2. The zero-order chi connectivity index (χ0) is 26.2. The summed E-state index contributed by atoms with van der Waals surface area (Å²) in [4.78, 5) is 17.1. The predicted molar refractivity (Wildman–Crippen MR) is 148 cm³/mol. The summed E-state index contributed by atoms with van der Waals surface area (Å²) in [5.74, 6) is 0.0748. The number of benzene rings is 3. The molecule has 0 radical (unpaired) electrons. The van der Waals surface area contributed by atoms with E-state index >= 15 is 0 Å². The molecule has 0 saturated carbocycles. The highest BCUT2D eigenvalue weighted by atomic mass is 79.9. The van der Waals surface area contributed by atoms with Gasteiger partial charge in [-0.3, -0.25) is 4.79 Å². The van der Waals surface area contributed by atoms with Gasteiger partial charge in [-0.2, -0.15) is 5.26 Å². The monoisotopic (exact) mass is 559 g/mol. The maximum Gasteiger partial charge on any atom is 0.264 e. The first-order chi connectivity index (χ1) is 18.0. The molecule has 0 bridgehead atoms. The van der Waals surface area contributed by atoms with E-state index < -0.39 is 0 Å². The fraction of sp³-hybridized carbons (Fsp3) is 0.200. The molecular weight excluding hydrogens is 533 g/mol. The van der Waals surface area contributed by atoms with E-state index in [0.29, 0.717) is 48.4 Å². The summed E-state index contributed by atoms with van der Waals surface area (Å²) < 4.78 is 19.9. The number of nitriles is 1. The number of halogens is 2. The lowest BCUT2D eigenvalue weighted by molar-refractivity contribution is -0.126. The topological polar surface area (TPSA) is 56.6 Å². The van der Waals surface area contributed by atoms with Crippen molar-refractivity contribution in [1.29, 1.82) is 5.26 Å². The minimum atomic E-state index is -0.297. The van der Waals surface area contributed by atoms with Gasteiger partial charge >= 0.3 is 0 Å². The first kappa shape index (κ1) is 26.2. The number of carbonyl (C=O) groups excluding carboxylic acids is 1. The van der Waals surface area contributed by atoms with Crippen LogP contribution in [0.25, 0.3) is 6.08 Å². The van der Waals surface area contributed by atoms with Crippen LogP contribution in [0.1, 0.15) is 16.7 Å². The standard InChI is InChI=1S/C30H27BrFN3O2/c1-2-6-24-17-23(19-28(31)29(24)37-21-22-9-11-26(32)12-10-22)18-25(20-33)30(36)35-15-13-34(14-16-35)27-7-4-3-5-8-27/h2-5,7-12,17-19H,1,6,13-16,21H2/b25-18-. The Morgan fingerprint density at radius 2 is 1.78 bits per heavy atom. The van der Waals surface area contributed by atoms with E-state index in [1.807, 2.05) is 30.3 Å². The number of hydrogen-bond acceptors (Lipinski definition) is 4. The quantitative estimate of drug-likeness (QED) is 0.188. The van der Waals surface area contributed by atoms with Crippen molar-refractivity contribution in [2.75, 3.05) is 31.1 Å². The molecule has 37 heavy (non-hydrogen) atoms. The summed E-state index contributed by atoms with van der Waals surface area (Å²) in [6.45, 7) is 6.63. The number of ether oxygens (including phenoxy) is 1. The molecule has 3 aromatic carbocycles. The average Bonchev–Trinajstić information content (AvgIpc) is 2.92. The van der Waals surface area contributed by atoms with E-state index in [2.05, 4.69) is 45.6 Å². The molecule has 0 spiro atoms. The van der Waals surface area contributed by atoms with Crippen molar-refractivity contribution in [1.82, 2.24) is 4.90 Å². The average molecular weight is 560 g/mol. The van der Waals surface area contributed by atoms with Gasteiger partial charge in [0, 0.05) is 31.9 Å². The lowest BCUT2D eigenvalue weighted by Gasteiger charge is -2.36. The van der Waals surface area contributed by atoms with Gasteiger partial charge in [0.15, 0.2) is 0 Å². The molecule has 1 aliphatic rings. The fourth-order valence-corrected chi connectivity index (χ4v) is 4.88. The number of allylic oxidation sites excluding steroid dienone is 1. The van der Waals surface area contributed by atoms with Crippen LogP contribution >= 0.6 is 15.9 Å². The van der Waals surface area contributed by atoms with E-state index in [1.165, 1.54) is 12.1 Å². The molecule has 1 saturated heterocycles. The Morgan fingerprint density at radius 3 is 2.43 bits per heavy atom. The summed E-state index contributed by atoms with van der Waals surface area (Å²) in [6.07, 6.45) is 3.92. The molecule has 0 N–H and O–H groups in total. The van der Waals surface area contributed by atoms with Gasteiger partial charge in [-0.05, 0) is 81.5 Å². The van der Waals surface area contributed by atoms with Crippen molar-refractivity contribution >= 4 is 33.6 Å². The molecule has 4 rings (SSSR count). The first-order valence-corrected chi connectivity index (χ1v) is 12.8. The van der Waals surface area contributed by atoms with Gasteiger partial charge in [0.1, 0.15) is 29.8 Å². The van der Waals surface area contributed by atoms with E-state index in [0.717, 1.165) is 16.8 Å². The molecule has 3 aromatic rings. The Balaban J connectivity index is 1.49. The number of piperazine rings is 1. The molecule has 188 valence electrons. The van der Waals surface area contributed by atoms with Gasteiger partial charge in [-0.25, -0.2) is 4.39 Å². The Morgan fingerprint density at radius 1 is 1.08 bits per heavy atom. The number of rotatable bonds is 8. The van der Waals surface area contributed by atoms with Crippen LogP contribution in [-0.2, 0) is 17.8 Å². The molecule has 1 aliphatic heterocycles. The molecule has 1 fully saturated rings. The number of amides is 1. The third-order valence-electron chi connectivity index (χ3n) is 6.15. The van der Waals surface area contributed by atoms with Crippen LogP contribution in [0.4, 0.5) is 10.1 Å². The second kappa shape index (κ2) is 12.4. The van der Waals surface area contributed by atoms with Crippen LogP contribution in [0.2, 0.25) is 0 Å². The predicted octanol–water partition coefficient (Wildman–Crippen LogP) is 6.15. The third-order valence-corrected chi connectivity index (χ3v) is 6.74. The zero-order valence-corrected chi connectivity index (χ0v) is 22.0. The molecule has 0 aromatic heterocycles. The van der Waals surface area contributed by atoms with Gasteiger partial charge in [-0.15, -0.1) is 6.58 Å². The number of hydrogen-bond donors (Lipinski definition) is 0. The second-order valence-corrected chi connectivity index (χ2v) is 9.54. The second-order valence-electron chi connectivity index (χ2n) is 8.68. The van der Waals surface area contributed by atoms with E-state index in [1.54, 1.807) is 29.2 Å². The highest BCUT2D eigenvalue weighted by Gasteiger charge is 2.24.